The van der Waals surface area contributed by atoms with Crippen LogP contribution in [0.4, 0.5) is 5.69 Å². The van der Waals surface area contributed by atoms with E-state index in [0.29, 0.717) is 10.0 Å². The second-order valence-corrected chi connectivity index (χ2v) is 5.03. The zero-order valence-electron chi connectivity index (χ0n) is 10.7. The van der Waals surface area contributed by atoms with Gasteiger partial charge in [0.2, 0.25) is 5.88 Å². The number of carbonyl (C=O) groups is 1. The maximum absolute atomic E-state index is 11.1. The molecule has 108 valence electrons. The van der Waals surface area contributed by atoms with Crippen LogP contribution in [-0.2, 0) is 0 Å². The molecule has 0 saturated heterocycles. The van der Waals surface area contributed by atoms with Gasteiger partial charge < -0.3 is 9.84 Å². The molecule has 0 atom stereocenters. The number of nitrogens with zero attached hydrogens (tertiary/aromatic N) is 2. The highest BCUT2D eigenvalue weighted by molar-refractivity contribution is 9.10. The molecule has 0 bridgehead atoms. The van der Waals surface area contributed by atoms with Crippen LogP contribution in [-0.4, -0.2) is 21.0 Å². The average Bonchev–Trinajstić information content (AvgIpc) is 2.40. The molecule has 1 N–H and O–H groups in total. The van der Waals surface area contributed by atoms with E-state index in [1.54, 1.807) is 6.92 Å². The van der Waals surface area contributed by atoms with E-state index in [1.165, 1.54) is 30.5 Å². The summed E-state index contributed by atoms with van der Waals surface area (Å²) in [6.07, 6.45) is 1.40. The number of nitro groups is 1. The molecule has 8 heteroatoms. The molecule has 0 unspecified atom stereocenters. The number of benzene rings is 1. The monoisotopic (exact) mass is 352 g/mol. The summed E-state index contributed by atoms with van der Waals surface area (Å²) >= 11 is 3.13. The summed E-state index contributed by atoms with van der Waals surface area (Å²) in [7, 11) is 0. The molecule has 0 spiro atoms. The van der Waals surface area contributed by atoms with Gasteiger partial charge in [0.1, 0.15) is 11.3 Å². The van der Waals surface area contributed by atoms with Crippen LogP contribution in [0.1, 0.15) is 15.9 Å². The van der Waals surface area contributed by atoms with Gasteiger partial charge in [-0.25, -0.2) is 9.78 Å². The number of ether oxygens (including phenoxy) is 1. The van der Waals surface area contributed by atoms with Gasteiger partial charge in [0, 0.05) is 22.3 Å². The summed E-state index contributed by atoms with van der Waals surface area (Å²) in [6, 6.07) is 5.50. The molecule has 0 aliphatic carbocycles. The van der Waals surface area contributed by atoms with Crippen LogP contribution in [0.15, 0.2) is 34.9 Å². The van der Waals surface area contributed by atoms with Crippen LogP contribution in [0.2, 0.25) is 0 Å². The first-order valence-corrected chi connectivity index (χ1v) is 6.49. The minimum atomic E-state index is -1.18. The second kappa shape index (κ2) is 5.88. The van der Waals surface area contributed by atoms with Crippen molar-refractivity contribution in [2.45, 2.75) is 6.92 Å². The standard InChI is InChI=1S/C13H9BrN2O5/c1-7-4-9(2-3-11(7)16(19)20)21-12-10(13(17)18)5-8(14)6-15-12/h2-6H,1H3,(H,17,18). The van der Waals surface area contributed by atoms with Crippen molar-refractivity contribution in [2.24, 2.45) is 0 Å². The molecule has 1 aromatic carbocycles. The number of rotatable bonds is 4. The van der Waals surface area contributed by atoms with Crippen molar-refractivity contribution < 1.29 is 19.6 Å². The third kappa shape index (κ3) is 3.34. The summed E-state index contributed by atoms with van der Waals surface area (Å²) in [5.74, 6) is -0.994. The highest BCUT2D eigenvalue weighted by Gasteiger charge is 2.16. The number of carboxylic acid groups (broad SMARTS) is 1. The number of aryl methyl sites for hydroxylation is 1. The molecule has 0 radical (unpaired) electrons. The van der Waals surface area contributed by atoms with Crippen molar-refractivity contribution in [3.63, 3.8) is 0 Å². The first-order valence-electron chi connectivity index (χ1n) is 5.70. The van der Waals surface area contributed by atoms with Gasteiger partial charge >= 0.3 is 5.97 Å². The Labute approximate surface area is 127 Å². The van der Waals surface area contributed by atoms with Crippen LogP contribution in [0.3, 0.4) is 0 Å². The molecule has 2 rings (SSSR count). The highest BCUT2D eigenvalue weighted by atomic mass is 79.9. The number of aromatic nitrogens is 1. The van der Waals surface area contributed by atoms with E-state index in [-0.39, 0.29) is 22.9 Å². The quantitative estimate of drug-likeness (QED) is 0.666. The first-order chi connectivity index (χ1) is 9.88. The average molecular weight is 353 g/mol. The van der Waals surface area contributed by atoms with Crippen molar-refractivity contribution in [3.05, 3.63) is 56.2 Å². The number of nitro benzene ring substituents is 1. The van der Waals surface area contributed by atoms with Crippen molar-refractivity contribution in [1.29, 1.82) is 0 Å². The first kappa shape index (κ1) is 14.9. The van der Waals surface area contributed by atoms with E-state index in [2.05, 4.69) is 20.9 Å². The van der Waals surface area contributed by atoms with E-state index < -0.39 is 10.9 Å². The number of aromatic carboxylic acids is 1. The van der Waals surface area contributed by atoms with Crippen LogP contribution in [0.5, 0.6) is 11.6 Å². The van der Waals surface area contributed by atoms with E-state index in [0.717, 1.165) is 0 Å². The summed E-state index contributed by atoms with van der Waals surface area (Å²) < 4.78 is 5.91. The molecule has 0 amide bonds. The van der Waals surface area contributed by atoms with Gasteiger partial charge in [-0.1, -0.05) is 0 Å². The smallest absolute Gasteiger partial charge is 0.341 e. The lowest BCUT2D eigenvalue weighted by Gasteiger charge is -2.08. The Kier molecular flexibility index (Phi) is 4.18. The van der Waals surface area contributed by atoms with E-state index in [4.69, 9.17) is 9.84 Å². The topological polar surface area (TPSA) is 103 Å². The minimum Gasteiger partial charge on any atom is -0.477 e. The van der Waals surface area contributed by atoms with E-state index in [1.807, 2.05) is 0 Å². The lowest BCUT2D eigenvalue weighted by atomic mass is 10.2. The predicted octanol–water partition coefficient (Wildman–Crippen LogP) is 3.55. The number of carboxylic acids is 1. The van der Waals surface area contributed by atoms with E-state index >= 15 is 0 Å². The van der Waals surface area contributed by atoms with Crippen LogP contribution >= 0.6 is 15.9 Å². The van der Waals surface area contributed by atoms with Crippen LogP contribution < -0.4 is 4.74 Å². The minimum absolute atomic E-state index is 0.0374. The SMILES string of the molecule is Cc1cc(Oc2ncc(Br)cc2C(=O)O)ccc1[N+](=O)[O-]. The largest absolute Gasteiger partial charge is 0.477 e. The predicted molar refractivity (Wildman–Crippen MR) is 76.8 cm³/mol. The van der Waals surface area contributed by atoms with Gasteiger partial charge in [0.15, 0.2) is 0 Å². The highest BCUT2D eigenvalue weighted by Crippen LogP contribution is 2.29. The number of hydrogen-bond donors (Lipinski definition) is 1. The third-order valence-corrected chi connectivity index (χ3v) is 3.06. The fourth-order valence-corrected chi connectivity index (χ4v) is 2.00. The fourth-order valence-electron chi connectivity index (χ4n) is 1.67. The molecule has 0 saturated carbocycles. The Morgan fingerprint density at radius 3 is 2.71 bits per heavy atom. The van der Waals surface area contributed by atoms with Crippen molar-refractivity contribution in [1.82, 2.24) is 4.98 Å². The maximum atomic E-state index is 11.1. The Morgan fingerprint density at radius 1 is 1.43 bits per heavy atom. The number of hydrogen-bond acceptors (Lipinski definition) is 5. The van der Waals surface area contributed by atoms with Gasteiger partial charge in [-0.15, -0.1) is 0 Å². The lowest BCUT2D eigenvalue weighted by molar-refractivity contribution is -0.385. The van der Waals surface area contributed by atoms with Gasteiger partial charge in [-0.2, -0.15) is 0 Å². The number of pyridine rings is 1. The van der Waals surface area contributed by atoms with Gasteiger partial charge in [0.05, 0.1) is 4.92 Å². The molecular weight excluding hydrogens is 344 g/mol. The Bertz CT molecular complexity index is 732. The Hall–Kier alpha value is -2.48. The third-order valence-electron chi connectivity index (χ3n) is 2.63. The van der Waals surface area contributed by atoms with Crippen molar-refractivity contribution in [2.75, 3.05) is 0 Å². The lowest BCUT2D eigenvalue weighted by Crippen LogP contribution is -2.02. The maximum Gasteiger partial charge on any atom is 0.341 e. The van der Waals surface area contributed by atoms with Crippen molar-refractivity contribution in [3.8, 4) is 11.6 Å². The van der Waals surface area contributed by atoms with Crippen molar-refractivity contribution >= 4 is 27.6 Å². The second-order valence-electron chi connectivity index (χ2n) is 4.12. The molecular formula is C13H9BrN2O5. The van der Waals surface area contributed by atoms with Gasteiger partial charge in [0.25, 0.3) is 5.69 Å². The Morgan fingerprint density at radius 2 is 2.14 bits per heavy atom. The molecule has 0 fully saturated rings. The van der Waals surface area contributed by atoms with E-state index in [9.17, 15) is 14.9 Å². The summed E-state index contributed by atoms with van der Waals surface area (Å²) in [5, 5.41) is 19.9. The summed E-state index contributed by atoms with van der Waals surface area (Å²) in [5.41, 5.74) is 0.261. The molecule has 0 aliphatic heterocycles. The molecule has 0 aliphatic rings. The molecule has 21 heavy (non-hydrogen) atoms. The Balaban J connectivity index is 2.37. The zero-order valence-corrected chi connectivity index (χ0v) is 12.3. The molecule has 7 nitrogen and oxygen atoms in total. The molecule has 1 aromatic heterocycles. The normalized spacial score (nSPS) is 10.2. The number of halogens is 1. The van der Waals surface area contributed by atoms with Gasteiger partial charge in [-0.3, -0.25) is 10.1 Å². The molecule has 1 heterocycles. The summed E-state index contributed by atoms with van der Waals surface area (Å²) in [6.45, 7) is 1.57. The van der Waals surface area contributed by atoms with Crippen LogP contribution in [0.25, 0.3) is 0 Å². The van der Waals surface area contributed by atoms with Crippen LogP contribution in [0, 0.1) is 17.0 Å². The van der Waals surface area contributed by atoms with Gasteiger partial charge in [-0.05, 0) is 41.1 Å². The summed E-state index contributed by atoms with van der Waals surface area (Å²) in [4.78, 5) is 25.3. The zero-order chi connectivity index (χ0) is 15.6. The molecule has 2 aromatic rings. The fraction of sp³-hybridized carbons (Fsp3) is 0.0769.